The molecule has 0 fully saturated rings. The molecule has 3 rings (SSSR count). The van der Waals surface area contributed by atoms with Gasteiger partial charge in [0, 0.05) is 23.9 Å². The SMILES string of the molecule is [2H]C([2H])([2H])OC1=CC(=O)N(NC(=O)/C=C\n2cnc(-c3cc(C)cc(C)c3)n2)C1. The number of hydrogen-bond acceptors (Lipinski definition) is 5. The number of amides is 2. The minimum absolute atomic E-state index is 0.0476. The van der Waals surface area contributed by atoms with Crippen molar-refractivity contribution >= 4 is 18.0 Å². The van der Waals surface area contributed by atoms with E-state index >= 15 is 0 Å². The summed E-state index contributed by atoms with van der Waals surface area (Å²) in [5.41, 5.74) is 5.41. The molecule has 8 heteroatoms. The number of hydrogen-bond donors (Lipinski definition) is 1. The van der Waals surface area contributed by atoms with Crippen molar-refractivity contribution < 1.29 is 18.4 Å². The smallest absolute Gasteiger partial charge is 0.268 e. The Hall–Kier alpha value is -3.42. The summed E-state index contributed by atoms with van der Waals surface area (Å²) in [6.45, 7) is 3.80. The quantitative estimate of drug-likeness (QED) is 0.819. The van der Waals surface area contributed by atoms with Crippen LogP contribution in [-0.4, -0.2) is 45.2 Å². The lowest BCUT2D eigenvalue weighted by Gasteiger charge is -2.15. The molecule has 0 radical (unpaired) electrons. The van der Waals surface area contributed by atoms with E-state index in [1.54, 1.807) is 0 Å². The minimum Gasteiger partial charge on any atom is -0.499 e. The second-order valence-electron chi connectivity index (χ2n) is 5.85. The number of nitrogens with one attached hydrogen (secondary N) is 1. The number of nitrogens with zero attached hydrogens (tertiary/aromatic N) is 4. The molecule has 0 atom stereocenters. The maximum absolute atomic E-state index is 12.0. The van der Waals surface area contributed by atoms with Crippen LogP contribution in [0.3, 0.4) is 0 Å². The Morgan fingerprint density at radius 3 is 2.85 bits per heavy atom. The van der Waals surface area contributed by atoms with Gasteiger partial charge in [-0.05, 0) is 26.0 Å². The first-order chi connectivity index (χ1) is 13.6. The standard InChI is InChI=1S/C18H19N5O3/c1-12-6-13(2)8-14(7-12)18-19-11-22(21-18)5-4-16(24)20-23-10-15(26-3)9-17(23)25/h4-9,11H,10H2,1-3H3,(H,20,24)/b5-4-/i3D3. The molecule has 134 valence electrons. The predicted molar refractivity (Wildman–Crippen MR) is 95.2 cm³/mol. The highest BCUT2D eigenvalue weighted by molar-refractivity contribution is 5.95. The fraction of sp³-hybridized carbons (Fsp3) is 0.222. The van der Waals surface area contributed by atoms with E-state index in [9.17, 15) is 9.59 Å². The third-order valence-electron chi connectivity index (χ3n) is 3.61. The van der Waals surface area contributed by atoms with Crippen molar-refractivity contribution in [3.63, 3.8) is 0 Å². The van der Waals surface area contributed by atoms with E-state index in [2.05, 4.69) is 20.2 Å². The van der Waals surface area contributed by atoms with Gasteiger partial charge in [0.05, 0.1) is 11.2 Å². The highest BCUT2D eigenvalue weighted by Crippen LogP contribution is 2.18. The van der Waals surface area contributed by atoms with Crippen LogP contribution in [-0.2, 0) is 14.3 Å². The number of benzene rings is 1. The van der Waals surface area contributed by atoms with Crippen LogP contribution in [0, 0.1) is 13.8 Å². The molecule has 0 unspecified atom stereocenters. The molecule has 1 N–H and O–H groups in total. The lowest BCUT2D eigenvalue weighted by Crippen LogP contribution is -2.42. The topological polar surface area (TPSA) is 89.4 Å². The Labute approximate surface area is 155 Å². The zero-order valence-corrected chi connectivity index (χ0v) is 14.3. The molecule has 0 saturated carbocycles. The maximum Gasteiger partial charge on any atom is 0.268 e. The highest BCUT2D eigenvalue weighted by Gasteiger charge is 2.23. The third-order valence-corrected chi connectivity index (χ3v) is 3.61. The highest BCUT2D eigenvalue weighted by atomic mass is 16.5. The molecule has 1 aromatic carbocycles. The third kappa shape index (κ3) is 3.97. The van der Waals surface area contributed by atoms with E-state index in [0.717, 1.165) is 27.8 Å². The van der Waals surface area contributed by atoms with E-state index in [0.29, 0.717) is 5.82 Å². The number of methoxy groups -OCH3 is 1. The number of ether oxygens (including phenoxy) is 1. The molecule has 0 spiro atoms. The largest absolute Gasteiger partial charge is 0.499 e. The van der Waals surface area contributed by atoms with Gasteiger partial charge in [0.25, 0.3) is 11.8 Å². The second kappa shape index (κ2) is 7.22. The van der Waals surface area contributed by atoms with Crippen molar-refractivity contribution in [2.75, 3.05) is 13.6 Å². The number of aromatic nitrogens is 3. The molecule has 2 amide bonds. The molecule has 2 aromatic rings. The van der Waals surface area contributed by atoms with Crippen molar-refractivity contribution in [1.82, 2.24) is 25.2 Å². The second-order valence-corrected chi connectivity index (χ2v) is 5.85. The summed E-state index contributed by atoms with van der Waals surface area (Å²) >= 11 is 0. The minimum atomic E-state index is -2.66. The number of rotatable bonds is 5. The molecule has 1 aromatic heterocycles. The normalized spacial score (nSPS) is 16.2. The Morgan fingerprint density at radius 1 is 1.35 bits per heavy atom. The number of carbonyl (C=O) groups is 2. The average Bonchev–Trinajstić information content (AvgIpc) is 3.18. The number of hydrazine groups is 1. The lowest BCUT2D eigenvalue weighted by molar-refractivity contribution is -0.134. The van der Waals surface area contributed by atoms with Crippen LogP contribution in [0.1, 0.15) is 15.2 Å². The van der Waals surface area contributed by atoms with E-state index in [4.69, 9.17) is 4.11 Å². The van der Waals surface area contributed by atoms with Crippen LogP contribution in [0.5, 0.6) is 0 Å². The van der Waals surface area contributed by atoms with Crippen LogP contribution < -0.4 is 5.43 Å². The van der Waals surface area contributed by atoms with Gasteiger partial charge in [-0.3, -0.25) is 15.0 Å². The summed E-state index contributed by atoms with van der Waals surface area (Å²) in [6.07, 6.45) is 5.05. The van der Waals surface area contributed by atoms with Crippen molar-refractivity contribution in [3.8, 4) is 11.4 Å². The molecule has 8 nitrogen and oxygen atoms in total. The van der Waals surface area contributed by atoms with Crippen LogP contribution in [0.15, 0.2) is 42.4 Å². The number of carbonyl (C=O) groups excluding carboxylic acids is 2. The monoisotopic (exact) mass is 356 g/mol. The molecule has 2 heterocycles. The Balaban J connectivity index is 1.59. The Bertz CT molecular complexity index is 990. The fourth-order valence-corrected chi connectivity index (χ4v) is 2.55. The van der Waals surface area contributed by atoms with Gasteiger partial charge in [0.1, 0.15) is 18.6 Å². The van der Waals surface area contributed by atoms with Crippen molar-refractivity contribution in [3.05, 3.63) is 53.6 Å². The average molecular weight is 356 g/mol. The predicted octanol–water partition coefficient (Wildman–Crippen LogP) is 1.44. The Morgan fingerprint density at radius 2 is 2.12 bits per heavy atom. The molecular formula is C18H19N5O3. The lowest BCUT2D eigenvalue weighted by atomic mass is 10.1. The van der Waals surface area contributed by atoms with Gasteiger partial charge in [-0.2, -0.15) is 0 Å². The van der Waals surface area contributed by atoms with Crippen LogP contribution in [0.4, 0.5) is 0 Å². The van der Waals surface area contributed by atoms with Gasteiger partial charge >= 0.3 is 0 Å². The van der Waals surface area contributed by atoms with Gasteiger partial charge in [0.2, 0.25) is 0 Å². The Kier molecular flexibility index (Phi) is 3.84. The van der Waals surface area contributed by atoms with E-state index in [1.807, 2.05) is 32.0 Å². The van der Waals surface area contributed by atoms with E-state index in [1.165, 1.54) is 23.3 Å². The molecule has 1 aliphatic rings. The molecular weight excluding hydrogens is 334 g/mol. The van der Waals surface area contributed by atoms with Crippen LogP contribution >= 0.6 is 0 Å². The van der Waals surface area contributed by atoms with Gasteiger partial charge in [-0.25, -0.2) is 14.7 Å². The van der Waals surface area contributed by atoms with E-state index < -0.39 is 18.9 Å². The molecule has 1 aliphatic heterocycles. The van der Waals surface area contributed by atoms with Crippen LogP contribution in [0.2, 0.25) is 0 Å². The molecule has 0 bridgehead atoms. The fourth-order valence-electron chi connectivity index (χ4n) is 2.55. The van der Waals surface area contributed by atoms with Crippen molar-refractivity contribution in [2.45, 2.75) is 13.8 Å². The van der Waals surface area contributed by atoms with E-state index in [-0.39, 0.29) is 12.3 Å². The van der Waals surface area contributed by atoms with Gasteiger partial charge < -0.3 is 4.74 Å². The summed E-state index contributed by atoms with van der Waals surface area (Å²) in [7, 11) is -2.66. The van der Waals surface area contributed by atoms with Gasteiger partial charge in [-0.15, -0.1) is 5.10 Å². The van der Waals surface area contributed by atoms with Gasteiger partial charge in [-0.1, -0.05) is 17.2 Å². The number of aryl methyl sites for hydroxylation is 2. The molecule has 0 aliphatic carbocycles. The summed E-state index contributed by atoms with van der Waals surface area (Å²) in [5.74, 6) is -0.699. The summed E-state index contributed by atoms with van der Waals surface area (Å²) in [6, 6.07) is 5.98. The maximum atomic E-state index is 12.0. The zero-order valence-electron chi connectivity index (χ0n) is 17.3. The first kappa shape index (κ1) is 13.8. The molecule has 0 saturated heterocycles. The van der Waals surface area contributed by atoms with Gasteiger partial charge in [0.15, 0.2) is 5.82 Å². The molecule has 26 heavy (non-hydrogen) atoms. The first-order valence-electron chi connectivity index (χ1n) is 9.29. The van der Waals surface area contributed by atoms with Crippen molar-refractivity contribution in [1.29, 1.82) is 0 Å². The van der Waals surface area contributed by atoms with Crippen molar-refractivity contribution in [2.24, 2.45) is 0 Å². The van der Waals surface area contributed by atoms with Crippen LogP contribution in [0.25, 0.3) is 17.6 Å². The zero-order chi connectivity index (χ0) is 21.2. The summed E-state index contributed by atoms with van der Waals surface area (Å²) < 4.78 is 27.2. The first-order valence-corrected chi connectivity index (χ1v) is 7.79. The summed E-state index contributed by atoms with van der Waals surface area (Å²) in [5, 5.41) is 5.25. The summed E-state index contributed by atoms with van der Waals surface area (Å²) in [4.78, 5) is 28.1.